The van der Waals surface area contributed by atoms with Gasteiger partial charge in [0.1, 0.15) is 5.82 Å². The second-order valence-electron chi connectivity index (χ2n) is 4.27. The molecule has 0 saturated carbocycles. The molecule has 2 unspecified atom stereocenters. The fourth-order valence-electron chi connectivity index (χ4n) is 1.93. The molecule has 0 spiro atoms. The summed E-state index contributed by atoms with van der Waals surface area (Å²) in [5.74, 6) is 0.0556. The number of aromatic nitrogens is 1. The Hall–Kier alpha value is -1.62. The molecule has 0 bridgehead atoms. The van der Waals surface area contributed by atoms with Crippen LogP contribution in [-0.4, -0.2) is 35.3 Å². The largest absolute Gasteiger partial charge is 0.477 e. The normalized spacial score (nSPS) is 21.1. The van der Waals surface area contributed by atoms with Crippen molar-refractivity contribution in [2.24, 2.45) is 5.92 Å². The minimum atomic E-state index is -1.01. The molecular formula is C12H16N2O3. The second kappa shape index (κ2) is 5.14. The maximum absolute atomic E-state index is 10.8. The summed E-state index contributed by atoms with van der Waals surface area (Å²) >= 11 is 0. The van der Waals surface area contributed by atoms with E-state index >= 15 is 0 Å². The molecule has 17 heavy (non-hydrogen) atoms. The first-order valence-corrected chi connectivity index (χ1v) is 5.71. The smallest absolute Gasteiger partial charge is 0.354 e. The van der Waals surface area contributed by atoms with E-state index < -0.39 is 5.97 Å². The summed E-state index contributed by atoms with van der Waals surface area (Å²) in [6.45, 7) is 3.63. The summed E-state index contributed by atoms with van der Waals surface area (Å²) in [5.41, 5.74) is 0.0601. The van der Waals surface area contributed by atoms with Gasteiger partial charge in [-0.2, -0.15) is 0 Å². The van der Waals surface area contributed by atoms with Gasteiger partial charge in [0.25, 0.3) is 0 Å². The Morgan fingerprint density at radius 2 is 2.47 bits per heavy atom. The average Bonchev–Trinajstić information content (AvgIpc) is 2.82. The van der Waals surface area contributed by atoms with Gasteiger partial charge >= 0.3 is 5.97 Å². The molecule has 1 saturated heterocycles. The van der Waals surface area contributed by atoms with Crippen LogP contribution < -0.4 is 5.32 Å². The molecule has 0 radical (unpaired) electrons. The number of pyridine rings is 1. The predicted molar refractivity (Wildman–Crippen MR) is 63.2 cm³/mol. The van der Waals surface area contributed by atoms with Gasteiger partial charge in [0.15, 0.2) is 5.69 Å². The SMILES string of the molecule is CC(Nc1cccc(C(=O)O)n1)C1CCOC1. The molecule has 2 rings (SSSR count). The van der Waals surface area contributed by atoms with E-state index in [0.717, 1.165) is 19.6 Å². The lowest BCUT2D eigenvalue weighted by Gasteiger charge is -2.19. The van der Waals surface area contributed by atoms with Gasteiger partial charge in [0.2, 0.25) is 0 Å². The molecule has 5 nitrogen and oxygen atoms in total. The van der Waals surface area contributed by atoms with Crippen LogP contribution in [0.4, 0.5) is 5.82 Å². The molecule has 2 N–H and O–H groups in total. The lowest BCUT2D eigenvalue weighted by atomic mass is 10.0. The molecule has 0 amide bonds. The lowest BCUT2D eigenvalue weighted by Crippen LogP contribution is -2.26. The summed E-state index contributed by atoms with van der Waals surface area (Å²) in [5, 5.41) is 12.1. The standard InChI is InChI=1S/C12H16N2O3/c1-8(9-5-6-17-7-9)13-11-4-2-3-10(14-11)12(15)16/h2-4,8-9H,5-7H2,1H3,(H,13,14)(H,15,16). The summed E-state index contributed by atoms with van der Waals surface area (Å²) in [6.07, 6.45) is 1.03. The molecule has 0 aliphatic carbocycles. The van der Waals surface area contributed by atoms with E-state index in [1.807, 2.05) is 0 Å². The van der Waals surface area contributed by atoms with Crippen LogP contribution in [0.5, 0.6) is 0 Å². The zero-order chi connectivity index (χ0) is 12.3. The highest BCUT2D eigenvalue weighted by Crippen LogP contribution is 2.19. The van der Waals surface area contributed by atoms with Crippen LogP contribution in [0.15, 0.2) is 18.2 Å². The molecule has 1 aromatic rings. The third-order valence-electron chi connectivity index (χ3n) is 3.02. The average molecular weight is 236 g/mol. The second-order valence-corrected chi connectivity index (χ2v) is 4.27. The first-order chi connectivity index (χ1) is 8.16. The van der Waals surface area contributed by atoms with Crippen molar-refractivity contribution in [2.45, 2.75) is 19.4 Å². The number of nitrogens with one attached hydrogen (secondary N) is 1. The van der Waals surface area contributed by atoms with Crippen LogP contribution in [0.2, 0.25) is 0 Å². The van der Waals surface area contributed by atoms with E-state index in [1.165, 1.54) is 6.07 Å². The first-order valence-electron chi connectivity index (χ1n) is 5.71. The monoisotopic (exact) mass is 236 g/mol. The number of hydrogen-bond acceptors (Lipinski definition) is 4. The number of aromatic carboxylic acids is 1. The first kappa shape index (κ1) is 11.9. The van der Waals surface area contributed by atoms with Crippen molar-refractivity contribution in [3.8, 4) is 0 Å². The van der Waals surface area contributed by atoms with Crippen molar-refractivity contribution in [1.29, 1.82) is 0 Å². The molecular weight excluding hydrogens is 220 g/mol. The van der Waals surface area contributed by atoms with Crippen LogP contribution in [0.3, 0.4) is 0 Å². The van der Waals surface area contributed by atoms with Crippen LogP contribution >= 0.6 is 0 Å². The van der Waals surface area contributed by atoms with Gasteiger partial charge < -0.3 is 15.2 Å². The topological polar surface area (TPSA) is 71.5 Å². The molecule has 2 atom stereocenters. The van der Waals surface area contributed by atoms with E-state index in [4.69, 9.17) is 9.84 Å². The number of rotatable bonds is 4. The number of nitrogens with zero attached hydrogens (tertiary/aromatic N) is 1. The maximum atomic E-state index is 10.8. The number of ether oxygens (including phenoxy) is 1. The van der Waals surface area contributed by atoms with Crippen LogP contribution in [-0.2, 0) is 4.74 Å². The summed E-state index contributed by atoms with van der Waals surface area (Å²) in [7, 11) is 0. The fourth-order valence-corrected chi connectivity index (χ4v) is 1.93. The number of carboxylic acid groups (broad SMARTS) is 1. The van der Waals surface area contributed by atoms with Crippen molar-refractivity contribution in [3.05, 3.63) is 23.9 Å². The van der Waals surface area contributed by atoms with Crippen LogP contribution in [0.25, 0.3) is 0 Å². The zero-order valence-electron chi connectivity index (χ0n) is 9.72. The molecule has 1 aliphatic heterocycles. The van der Waals surface area contributed by atoms with Crippen LogP contribution in [0.1, 0.15) is 23.8 Å². The Kier molecular flexibility index (Phi) is 3.58. The van der Waals surface area contributed by atoms with Gasteiger partial charge in [-0.1, -0.05) is 6.07 Å². The van der Waals surface area contributed by atoms with E-state index in [9.17, 15) is 4.79 Å². The highest BCUT2D eigenvalue weighted by atomic mass is 16.5. The number of carboxylic acids is 1. The molecule has 1 fully saturated rings. The molecule has 2 heterocycles. The molecule has 1 aromatic heterocycles. The van der Waals surface area contributed by atoms with Crippen molar-refractivity contribution in [2.75, 3.05) is 18.5 Å². The van der Waals surface area contributed by atoms with Crippen molar-refractivity contribution >= 4 is 11.8 Å². The van der Waals surface area contributed by atoms with E-state index in [1.54, 1.807) is 12.1 Å². The molecule has 0 aromatic carbocycles. The number of anilines is 1. The summed E-state index contributed by atoms with van der Waals surface area (Å²) in [4.78, 5) is 14.8. The van der Waals surface area contributed by atoms with Crippen LogP contribution in [0, 0.1) is 5.92 Å². The lowest BCUT2D eigenvalue weighted by molar-refractivity contribution is 0.0690. The fraction of sp³-hybridized carbons (Fsp3) is 0.500. The minimum absolute atomic E-state index is 0.0601. The molecule has 5 heteroatoms. The summed E-state index contributed by atoms with van der Waals surface area (Å²) in [6, 6.07) is 5.18. The maximum Gasteiger partial charge on any atom is 0.354 e. The van der Waals surface area contributed by atoms with Gasteiger partial charge in [-0.25, -0.2) is 9.78 Å². The Morgan fingerprint density at radius 3 is 3.12 bits per heavy atom. The Balaban J connectivity index is 2.02. The van der Waals surface area contributed by atoms with Gasteiger partial charge in [-0.05, 0) is 25.5 Å². The number of carbonyl (C=O) groups is 1. The van der Waals surface area contributed by atoms with Gasteiger partial charge in [0, 0.05) is 18.6 Å². The minimum Gasteiger partial charge on any atom is -0.477 e. The third-order valence-corrected chi connectivity index (χ3v) is 3.02. The van der Waals surface area contributed by atoms with Crippen molar-refractivity contribution in [1.82, 2.24) is 4.98 Å². The zero-order valence-corrected chi connectivity index (χ0v) is 9.72. The van der Waals surface area contributed by atoms with E-state index in [0.29, 0.717) is 11.7 Å². The van der Waals surface area contributed by atoms with Crippen molar-refractivity contribution in [3.63, 3.8) is 0 Å². The predicted octanol–water partition coefficient (Wildman–Crippen LogP) is 1.62. The van der Waals surface area contributed by atoms with Crippen molar-refractivity contribution < 1.29 is 14.6 Å². The van der Waals surface area contributed by atoms with E-state index in [2.05, 4.69) is 17.2 Å². The highest BCUT2D eigenvalue weighted by molar-refractivity contribution is 5.85. The molecule has 1 aliphatic rings. The van der Waals surface area contributed by atoms with E-state index in [-0.39, 0.29) is 11.7 Å². The Morgan fingerprint density at radius 1 is 1.65 bits per heavy atom. The molecule has 92 valence electrons. The Labute approximate surface area is 99.8 Å². The van der Waals surface area contributed by atoms with Gasteiger partial charge in [-0.15, -0.1) is 0 Å². The quantitative estimate of drug-likeness (QED) is 0.831. The van der Waals surface area contributed by atoms with Gasteiger partial charge in [0.05, 0.1) is 6.61 Å². The van der Waals surface area contributed by atoms with Gasteiger partial charge in [-0.3, -0.25) is 0 Å². The summed E-state index contributed by atoms with van der Waals surface area (Å²) < 4.78 is 5.32. The third kappa shape index (κ3) is 2.94. The highest BCUT2D eigenvalue weighted by Gasteiger charge is 2.22. The number of hydrogen-bond donors (Lipinski definition) is 2. The Bertz CT molecular complexity index is 402.